The van der Waals surface area contributed by atoms with Crippen LogP contribution in [0.1, 0.15) is 116 Å². The van der Waals surface area contributed by atoms with Crippen LogP contribution >= 0.6 is 0 Å². The van der Waals surface area contributed by atoms with Crippen LogP contribution in [0.25, 0.3) is 0 Å². The highest BCUT2D eigenvalue weighted by molar-refractivity contribution is 5.83. The molecule has 37 heteroatoms. The van der Waals surface area contributed by atoms with Crippen molar-refractivity contribution in [2.24, 2.45) is 35.5 Å². The van der Waals surface area contributed by atoms with Crippen LogP contribution in [0.4, 0.5) is 0 Å². The molecule has 37 nitrogen and oxygen atoms in total. The summed E-state index contributed by atoms with van der Waals surface area (Å²) in [7, 11) is 0. The summed E-state index contributed by atoms with van der Waals surface area (Å²) in [6.45, 7) is -2.68. The zero-order valence-corrected chi connectivity index (χ0v) is 61.2. The molecule has 0 aromatic heterocycles. The molecule has 40 atom stereocenters. The molecule has 630 valence electrons. The quantitative estimate of drug-likeness (QED) is 0.0230. The molecule has 6 aliphatic carbocycles. The summed E-state index contributed by atoms with van der Waals surface area (Å²) in [5, 5.41) is 217. The van der Waals surface area contributed by atoms with Gasteiger partial charge in [-0.2, -0.15) is 0 Å². The van der Waals surface area contributed by atoms with E-state index in [4.69, 9.17) is 61.6 Å². The van der Waals surface area contributed by atoms with Gasteiger partial charge in [0, 0.05) is 43.1 Å². The number of rotatable bonds is 25. The Balaban J connectivity index is 0.785. The molecule has 0 radical (unpaired) electrons. The van der Waals surface area contributed by atoms with Gasteiger partial charge in [-0.05, 0) is 132 Å². The molecule has 11 aliphatic rings. The fourth-order valence-electron chi connectivity index (χ4n) is 17.0. The van der Waals surface area contributed by atoms with Gasteiger partial charge in [0.15, 0.2) is 31.3 Å². The monoisotopic (exact) mass is 1590 g/mol. The van der Waals surface area contributed by atoms with E-state index in [1.165, 1.54) is 24.3 Å². The molecule has 5 saturated heterocycles. The van der Waals surface area contributed by atoms with Gasteiger partial charge in [0.1, 0.15) is 105 Å². The van der Waals surface area contributed by atoms with Crippen LogP contribution in [0.5, 0.6) is 0 Å². The smallest absolute Gasteiger partial charge is 0.330 e. The van der Waals surface area contributed by atoms with E-state index in [1.54, 1.807) is 0 Å². The number of hydrogen-bond acceptors (Lipinski definition) is 37. The number of aliphatic hydroxyl groups is 20. The number of esters is 4. The highest BCUT2D eigenvalue weighted by atomic mass is 16.8. The molecule has 40 unspecified atom stereocenters. The van der Waals surface area contributed by atoms with Crippen LogP contribution in [0.3, 0.4) is 0 Å². The van der Waals surface area contributed by atoms with Gasteiger partial charge >= 0.3 is 23.9 Å². The van der Waals surface area contributed by atoms with E-state index in [-0.39, 0.29) is 94.3 Å². The summed E-state index contributed by atoms with van der Waals surface area (Å²) in [6.07, 6.45) is -36.2. The van der Waals surface area contributed by atoms with E-state index in [9.17, 15) is 121 Å². The van der Waals surface area contributed by atoms with E-state index >= 15 is 0 Å². The fraction of sp³-hybridized carbons (Fsp3) is 0.838. The third kappa shape index (κ3) is 22.5. The molecule has 0 spiro atoms. The average Bonchev–Trinajstić information content (AvgIpc) is 1.58. The second-order valence-electron chi connectivity index (χ2n) is 31.8. The Bertz CT molecular complexity index is 3110. The Morgan fingerprint density at radius 2 is 0.676 bits per heavy atom. The van der Waals surface area contributed by atoms with Gasteiger partial charge in [0.2, 0.25) is 0 Å². The molecule has 0 amide bonds. The largest absolute Gasteiger partial charge is 0.460 e. The van der Waals surface area contributed by atoms with Gasteiger partial charge < -0.3 is 164 Å². The maximum atomic E-state index is 13.5. The van der Waals surface area contributed by atoms with Crippen molar-refractivity contribution in [3.05, 3.63) is 48.6 Å². The van der Waals surface area contributed by atoms with Crippen LogP contribution in [-0.2, 0) is 80.8 Å². The first-order chi connectivity index (χ1) is 52.9. The second kappa shape index (κ2) is 39.8. The van der Waals surface area contributed by atoms with Gasteiger partial charge in [-0.15, -0.1) is 0 Å². The van der Waals surface area contributed by atoms with Crippen LogP contribution in [0.15, 0.2) is 48.6 Å². The number of ether oxygens (including phenoxy) is 13. The SMILES string of the molecule is O=C(C=CC1CCC(O)C(O)C1)OCC1OC(OC2CC(O)C3CC(OC4OC(COC5OC(COC(=O)C=CC6CCC(O)C(O)C6)C(O)C5OC(=O)C=CC5CCC(O)C(O)C5)C(O)C(O)C4O)C(C4CCC(O)C(OC5OC(COC(=O)C=CC6CCC(O)C(O)C6)C(O)C(O)C5O)C4)OC3C2)C(O)C(O)C1O. The van der Waals surface area contributed by atoms with Crippen molar-refractivity contribution in [1.82, 2.24) is 0 Å². The fourth-order valence-corrected chi connectivity index (χ4v) is 17.0. The predicted molar refractivity (Wildman–Crippen MR) is 367 cm³/mol. The van der Waals surface area contributed by atoms with Gasteiger partial charge in [-0.25, -0.2) is 19.2 Å². The summed E-state index contributed by atoms with van der Waals surface area (Å²) in [5.74, 6) is -6.35. The van der Waals surface area contributed by atoms with Crippen molar-refractivity contribution in [1.29, 1.82) is 0 Å². The van der Waals surface area contributed by atoms with Crippen molar-refractivity contribution in [2.45, 2.75) is 324 Å². The molecule has 111 heavy (non-hydrogen) atoms. The first-order valence-electron chi connectivity index (χ1n) is 38.8. The molecule has 11 rings (SSSR count). The van der Waals surface area contributed by atoms with Crippen LogP contribution < -0.4 is 0 Å². The number of allylic oxidation sites excluding steroid dienone is 4. The van der Waals surface area contributed by atoms with Crippen molar-refractivity contribution < 1.29 is 183 Å². The number of carbonyl (C=O) groups excluding carboxylic acids is 4. The Morgan fingerprint density at radius 1 is 0.306 bits per heavy atom. The highest BCUT2D eigenvalue weighted by Crippen LogP contribution is 2.46. The molecular weight excluding hydrogens is 1480 g/mol. The molecule has 0 aromatic carbocycles. The normalized spacial score (nSPS) is 47.5. The number of aliphatic hydroxyl groups excluding tert-OH is 20. The second-order valence-corrected chi connectivity index (χ2v) is 31.8. The average molecular weight is 1590 g/mol. The molecule has 6 saturated carbocycles. The lowest BCUT2D eigenvalue weighted by Gasteiger charge is -2.52. The maximum absolute atomic E-state index is 13.5. The molecule has 11 fully saturated rings. The first-order valence-corrected chi connectivity index (χ1v) is 38.8. The minimum absolute atomic E-state index is 0.0394. The summed E-state index contributed by atoms with van der Waals surface area (Å²) in [6, 6.07) is 0. The molecule has 0 bridgehead atoms. The Kier molecular flexibility index (Phi) is 31.3. The van der Waals surface area contributed by atoms with E-state index in [1.807, 2.05) is 0 Å². The van der Waals surface area contributed by atoms with Gasteiger partial charge in [-0.1, -0.05) is 24.3 Å². The van der Waals surface area contributed by atoms with E-state index in [0.717, 1.165) is 24.3 Å². The third-order valence-electron chi connectivity index (χ3n) is 23.8. The minimum Gasteiger partial charge on any atom is -0.460 e. The third-order valence-corrected chi connectivity index (χ3v) is 23.8. The van der Waals surface area contributed by atoms with Gasteiger partial charge in [0.05, 0.1) is 98.2 Å². The highest BCUT2D eigenvalue weighted by Gasteiger charge is 2.56. The lowest BCUT2D eigenvalue weighted by atomic mass is 9.72. The molecule has 20 N–H and O–H groups in total. The van der Waals surface area contributed by atoms with E-state index in [0.29, 0.717) is 44.9 Å². The zero-order chi connectivity index (χ0) is 79.8. The topological polar surface area (TPSA) is 593 Å². The Labute approximate surface area is 639 Å². The van der Waals surface area contributed by atoms with Crippen molar-refractivity contribution in [2.75, 3.05) is 26.4 Å². The molecule has 0 aromatic rings. The van der Waals surface area contributed by atoms with Crippen LogP contribution in [0, 0.1) is 35.5 Å². The summed E-state index contributed by atoms with van der Waals surface area (Å²) >= 11 is 0. The van der Waals surface area contributed by atoms with Crippen LogP contribution in [-0.4, -0.2) is 361 Å². The lowest BCUT2D eigenvalue weighted by molar-refractivity contribution is -0.344. The molecular formula is C74H112O37. The Hall–Kier alpha value is -4.32. The Morgan fingerprint density at radius 3 is 1.10 bits per heavy atom. The molecule has 5 heterocycles. The van der Waals surface area contributed by atoms with Gasteiger partial charge in [0.25, 0.3) is 0 Å². The summed E-state index contributed by atoms with van der Waals surface area (Å²) < 4.78 is 78.0. The summed E-state index contributed by atoms with van der Waals surface area (Å²) in [4.78, 5) is 52.2. The maximum Gasteiger partial charge on any atom is 0.330 e. The lowest BCUT2D eigenvalue weighted by Crippen LogP contribution is -2.63. The minimum atomic E-state index is -2.06. The summed E-state index contributed by atoms with van der Waals surface area (Å²) in [5.41, 5.74) is 0. The number of fused-ring (bicyclic) bond motifs is 1. The van der Waals surface area contributed by atoms with Crippen molar-refractivity contribution >= 4 is 23.9 Å². The van der Waals surface area contributed by atoms with E-state index in [2.05, 4.69) is 0 Å². The number of carbonyl (C=O) groups is 4. The predicted octanol–water partition coefficient (Wildman–Crippen LogP) is -6.39. The van der Waals surface area contributed by atoms with Gasteiger partial charge in [-0.3, -0.25) is 0 Å². The zero-order valence-electron chi connectivity index (χ0n) is 61.2. The van der Waals surface area contributed by atoms with Crippen molar-refractivity contribution in [3.8, 4) is 0 Å². The number of hydrogen-bond donors (Lipinski definition) is 20. The van der Waals surface area contributed by atoms with Crippen molar-refractivity contribution in [3.63, 3.8) is 0 Å². The standard InChI is InChI=1S/C74H112O37/c75-38-10-1-31(19-44(38)81)5-15-55(85)99-27-51-59(89)63(93)66(96)71(107-51)103-36-24-43(80)37-26-50(69(104-48(37)25-36)35-9-14-42(79)49(23-35)105-72-67(97)64(94)60(90)52(108-72)28-100-56(86)16-6-32-2-11-39(76)45(82)20-32)106-73-68(98)65(95)61(91)53(109-73)30-102-74-70(111-58(88)18-8-34-4-13-41(78)47(84)22-34)62(92)54(110-74)29-101-57(87)17-7-33-3-12-40(77)46(83)21-33/h5-8,15-18,31-54,59-84,89-98H,1-4,9-14,19-30H2. The van der Waals surface area contributed by atoms with Crippen LogP contribution in [0.2, 0.25) is 0 Å². The first kappa shape index (κ1) is 87.5. The molecule has 5 aliphatic heterocycles. The van der Waals surface area contributed by atoms with E-state index < -0.39 is 270 Å².